The number of phenols is 1. The van der Waals surface area contributed by atoms with Crippen LogP contribution in [0, 0.1) is 0 Å². The summed E-state index contributed by atoms with van der Waals surface area (Å²) in [6.45, 7) is 0. The Morgan fingerprint density at radius 2 is 1.53 bits per heavy atom. The van der Waals surface area contributed by atoms with Gasteiger partial charge in [-0.1, -0.05) is 36.4 Å². The van der Waals surface area contributed by atoms with Gasteiger partial charge in [-0.15, -0.1) is 0 Å². The van der Waals surface area contributed by atoms with E-state index in [4.69, 9.17) is 0 Å². The van der Waals surface area contributed by atoms with Gasteiger partial charge in [0.1, 0.15) is 5.75 Å². The molecule has 3 rings (SSSR count). The molecule has 19 heavy (non-hydrogen) atoms. The molecule has 1 aliphatic rings. The van der Waals surface area contributed by atoms with E-state index < -0.39 is 0 Å². The molecule has 1 atom stereocenters. The fourth-order valence-corrected chi connectivity index (χ4v) is 2.43. The van der Waals surface area contributed by atoms with Gasteiger partial charge in [-0.25, -0.2) is 0 Å². The Hall–Kier alpha value is -2.29. The molecule has 96 valence electrons. The van der Waals surface area contributed by atoms with Crippen LogP contribution in [0.4, 0.5) is 0 Å². The van der Waals surface area contributed by atoms with Crippen molar-refractivity contribution in [2.45, 2.75) is 18.9 Å². The molecule has 0 saturated carbocycles. The second-order valence-electron chi connectivity index (χ2n) is 4.83. The van der Waals surface area contributed by atoms with Crippen LogP contribution >= 0.6 is 0 Å². The van der Waals surface area contributed by atoms with Crippen LogP contribution in [0.5, 0.6) is 5.75 Å². The molecule has 2 aromatic rings. The van der Waals surface area contributed by atoms with Gasteiger partial charge in [0.2, 0.25) is 5.91 Å². The number of amides is 1. The summed E-state index contributed by atoms with van der Waals surface area (Å²) in [5.41, 5.74) is 3.32. The average molecular weight is 253 g/mol. The fraction of sp³-hybridized carbons (Fsp3) is 0.188. The number of hydrogen-bond acceptors (Lipinski definition) is 2. The summed E-state index contributed by atoms with van der Waals surface area (Å²) in [4.78, 5) is 11.2. The molecule has 0 aromatic heterocycles. The monoisotopic (exact) mass is 253 g/mol. The third-order valence-electron chi connectivity index (χ3n) is 3.51. The second kappa shape index (κ2) is 4.76. The molecule has 0 radical (unpaired) electrons. The minimum Gasteiger partial charge on any atom is -0.508 e. The maximum absolute atomic E-state index is 11.2. The zero-order valence-corrected chi connectivity index (χ0v) is 10.5. The number of carbonyl (C=O) groups excluding carboxylic acids is 1. The number of benzene rings is 2. The molecule has 1 aliphatic heterocycles. The topological polar surface area (TPSA) is 49.3 Å². The van der Waals surface area contributed by atoms with Crippen molar-refractivity contribution in [3.8, 4) is 16.9 Å². The van der Waals surface area contributed by atoms with E-state index in [0.717, 1.165) is 23.1 Å². The Morgan fingerprint density at radius 1 is 0.947 bits per heavy atom. The largest absolute Gasteiger partial charge is 0.508 e. The Bertz CT molecular complexity index is 587. The predicted molar refractivity (Wildman–Crippen MR) is 73.7 cm³/mol. The minimum atomic E-state index is 0.132. The van der Waals surface area contributed by atoms with Gasteiger partial charge in [0, 0.05) is 6.42 Å². The Labute approximate surface area is 111 Å². The van der Waals surface area contributed by atoms with Crippen LogP contribution in [0.3, 0.4) is 0 Å². The molecule has 3 nitrogen and oxygen atoms in total. The van der Waals surface area contributed by atoms with Gasteiger partial charge in [0.25, 0.3) is 0 Å². The number of phenolic OH excluding ortho intramolecular Hbond substituents is 1. The van der Waals surface area contributed by atoms with E-state index in [1.165, 1.54) is 0 Å². The molecule has 0 aliphatic carbocycles. The molecule has 2 aromatic carbocycles. The van der Waals surface area contributed by atoms with Crippen LogP contribution in [0.1, 0.15) is 24.4 Å². The summed E-state index contributed by atoms with van der Waals surface area (Å²) >= 11 is 0. The van der Waals surface area contributed by atoms with Crippen molar-refractivity contribution in [2.24, 2.45) is 0 Å². The number of carbonyl (C=O) groups is 1. The van der Waals surface area contributed by atoms with Crippen LogP contribution < -0.4 is 5.32 Å². The van der Waals surface area contributed by atoms with Crippen molar-refractivity contribution in [1.29, 1.82) is 0 Å². The van der Waals surface area contributed by atoms with Gasteiger partial charge in [-0.3, -0.25) is 4.79 Å². The smallest absolute Gasteiger partial charge is 0.220 e. The lowest BCUT2D eigenvalue weighted by Crippen LogP contribution is -2.18. The molecule has 0 bridgehead atoms. The van der Waals surface area contributed by atoms with E-state index >= 15 is 0 Å². The summed E-state index contributed by atoms with van der Waals surface area (Å²) in [6.07, 6.45) is 1.49. The second-order valence-corrected chi connectivity index (χ2v) is 4.83. The molecule has 1 unspecified atom stereocenters. The van der Waals surface area contributed by atoms with Gasteiger partial charge in [-0.2, -0.15) is 0 Å². The molecule has 1 heterocycles. The van der Waals surface area contributed by atoms with Crippen LogP contribution in [-0.2, 0) is 4.79 Å². The first-order chi connectivity index (χ1) is 9.22. The zero-order valence-electron chi connectivity index (χ0n) is 10.5. The maximum Gasteiger partial charge on any atom is 0.220 e. The van der Waals surface area contributed by atoms with Crippen molar-refractivity contribution in [2.75, 3.05) is 0 Å². The molecule has 1 fully saturated rings. The third kappa shape index (κ3) is 2.45. The van der Waals surface area contributed by atoms with Crippen molar-refractivity contribution in [3.63, 3.8) is 0 Å². The first-order valence-electron chi connectivity index (χ1n) is 6.41. The van der Waals surface area contributed by atoms with E-state index in [1.807, 2.05) is 24.3 Å². The number of hydrogen-bond donors (Lipinski definition) is 2. The highest BCUT2D eigenvalue weighted by atomic mass is 16.3. The summed E-state index contributed by atoms with van der Waals surface area (Å²) in [5.74, 6) is 0.404. The third-order valence-corrected chi connectivity index (χ3v) is 3.51. The fourth-order valence-electron chi connectivity index (χ4n) is 2.43. The summed E-state index contributed by atoms with van der Waals surface area (Å²) in [6, 6.07) is 15.5. The lowest BCUT2D eigenvalue weighted by atomic mass is 10.00. The van der Waals surface area contributed by atoms with Crippen molar-refractivity contribution in [3.05, 3.63) is 54.1 Å². The van der Waals surface area contributed by atoms with Gasteiger partial charge < -0.3 is 10.4 Å². The molecule has 0 spiro atoms. The van der Waals surface area contributed by atoms with Crippen LogP contribution in [0.2, 0.25) is 0 Å². The Morgan fingerprint density at radius 3 is 2.05 bits per heavy atom. The number of aromatic hydroxyl groups is 1. The lowest BCUT2D eigenvalue weighted by Gasteiger charge is -2.11. The van der Waals surface area contributed by atoms with Crippen LogP contribution in [0.25, 0.3) is 11.1 Å². The minimum absolute atomic E-state index is 0.132. The number of nitrogens with one attached hydrogen (secondary N) is 1. The standard InChI is InChI=1S/C16H15NO2/c18-14-7-5-12(6-8-14)11-1-3-13(4-2-11)15-9-10-16(19)17-15/h1-8,15,18H,9-10H2,(H,17,19). The Kier molecular flexibility index (Phi) is 2.95. The summed E-state index contributed by atoms with van der Waals surface area (Å²) in [5, 5.41) is 12.2. The normalized spacial score (nSPS) is 18.3. The van der Waals surface area contributed by atoms with Crippen molar-refractivity contribution >= 4 is 5.91 Å². The highest BCUT2D eigenvalue weighted by Crippen LogP contribution is 2.27. The summed E-state index contributed by atoms with van der Waals surface area (Å²) in [7, 11) is 0. The van der Waals surface area contributed by atoms with Gasteiger partial charge in [0.15, 0.2) is 0 Å². The van der Waals surface area contributed by atoms with Crippen LogP contribution in [-0.4, -0.2) is 11.0 Å². The van der Waals surface area contributed by atoms with E-state index in [1.54, 1.807) is 12.1 Å². The van der Waals surface area contributed by atoms with Crippen molar-refractivity contribution in [1.82, 2.24) is 5.32 Å². The van der Waals surface area contributed by atoms with Gasteiger partial charge >= 0.3 is 0 Å². The summed E-state index contributed by atoms with van der Waals surface area (Å²) < 4.78 is 0. The van der Waals surface area contributed by atoms with E-state index in [9.17, 15) is 9.90 Å². The van der Waals surface area contributed by atoms with E-state index in [2.05, 4.69) is 17.4 Å². The molecular weight excluding hydrogens is 238 g/mol. The Balaban J connectivity index is 1.82. The molecule has 2 N–H and O–H groups in total. The quantitative estimate of drug-likeness (QED) is 0.864. The SMILES string of the molecule is O=C1CCC(c2ccc(-c3ccc(O)cc3)cc2)N1. The maximum atomic E-state index is 11.2. The van der Waals surface area contributed by atoms with Crippen LogP contribution in [0.15, 0.2) is 48.5 Å². The van der Waals surface area contributed by atoms with Gasteiger partial charge in [-0.05, 0) is 35.2 Å². The molecule has 1 amide bonds. The van der Waals surface area contributed by atoms with E-state index in [0.29, 0.717) is 6.42 Å². The zero-order chi connectivity index (χ0) is 13.2. The van der Waals surface area contributed by atoms with E-state index in [-0.39, 0.29) is 17.7 Å². The first kappa shape index (κ1) is 11.8. The lowest BCUT2D eigenvalue weighted by molar-refractivity contribution is -0.119. The highest BCUT2D eigenvalue weighted by molar-refractivity contribution is 5.78. The molecule has 3 heteroatoms. The van der Waals surface area contributed by atoms with Gasteiger partial charge in [0.05, 0.1) is 6.04 Å². The molecular formula is C16H15NO2. The number of rotatable bonds is 2. The first-order valence-corrected chi connectivity index (χ1v) is 6.41. The average Bonchev–Trinajstić information content (AvgIpc) is 2.87. The predicted octanol–water partition coefficient (Wildman–Crippen LogP) is 3.01. The highest BCUT2D eigenvalue weighted by Gasteiger charge is 2.21. The molecule has 1 saturated heterocycles. The van der Waals surface area contributed by atoms with Crippen molar-refractivity contribution < 1.29 is 9.90 Å².